The Labute approximate surface area is 227 Å². The largest absolute Gasteiger partial charge is 0.483 e. The number of amides is 1. The molecule has 0 aliphatic rings. The Bertz CT molecular complexity index is 1340. The lowest BCUT2D eigenvalue weighted by molar-refractivity contribution is -0.123. The standard InChI is InChI=1S/C33H41N3O2/c1-5-25(3)28-18-16-27(17-19-28)22-36-30-12-9-8-11-29(30)35-32(36)13-7-6-10-20-34-33(37)23-38-31-21-24(2)14-15-26(31)4/h8-9,11-12,14-19,21,25H,5-7,10,13,20,22-23H2,1-4H3,(H,34,37). The van der Waals surface area contributed by atoms with Gasteiger partial charge in [0, 0.05) is 19.5 Å². The fourth-order valence-corrected chi connectivity index (χ4v) is 4.73. The Kier molecular flexibility index (Phi) is 9.58. The monoisotopic (exact) mass is 511 g/mol. The molecule has 0 radical (unpaired) electrons. The summed E-state index contributed by atoms with van der Waals surface area (Å²) in [7, 11) is 0. The number of imidazole rings is 1. The van der Waals surface area contributed by atoms with E-state index in [-0.39, 0.29) is 12.5 Å². The average molecular weight is 512 g/mol. The van der Waals surface area contributed by atoms with Gasteiger partial charge in [0.1, 0.15) is 11.6 Å². The van der Waals surface area contributed by atoms with E-state index in [1.165, 1.54) is 16.6 Å². The number of carbonyl (C=O) groups is 1. The van der Waals surface area contributed by atoms with Gasteiger partial charge < -0.3 is 14.6 Å². The number of aromatic nitrogens is 2. The molecule has 0 bridgehead atoms. The summed E-state index contributed by atoms with van der Waals surface area (Å²) in [5.74, 6) is 2.41. The number of benzene rings is 3. The summed E-state index contributed by atoms with van der Waals surface area (Å²) < 4.78 is 8.07. The van der Waals surface area contributed by atoms with Gasteiger partial charge in [0.2, 0.25) is 0 Å². The zero-order valence-electron chi connectivity index (χ0n) is 23.3. The highest BCUT2D eigenvalue weighted by atomic mass is 16.5. The lowest BCUT2D eigenvalue weighted by Crippen LogP contribution is -2.29. The summed E-state index contributed by atoms with van der Waals surface area (Å²) in [6.45, 7) is 10.1. The maximum atomic E-state index is 12.2. The molecule has 1 heterocycles. The van der Waals surface area contributed by atoms with Crippen molar-refractivity contribution in [3.63, 3.8) is 0 Å². The number of fused-ring (bicyclic) bond motifs is 1. The molecule has 200 valence electrons. The second kappa shape index (κ2) is 13.3. The summed E-state index contributed by atoms with van der Waals surface area (Å²) in [6, 6.07) is 23.5. The van der Waals surface area contributed by atoms with Crippen LogP contribution in [0, 0.1) is 13.8 Å². The normalized spacial score (nSPS) is 12.0. The molecule has 0 saturated carbocycles. The highest BCUT2D eigenvalue weighted by Crippen LogP contribution is 2.23. The van der Waals surface area contributed by atoms with Crippen LogP contribution in [0.1, 0.15) is 73.5 Å². The van der Waals surface area contributed by atoms with Crippen LogP contribution in [0.5, 0.6) is 5.75 Å². The van der Waals surface area contributed by atoms with Crippen LogP contribution in [0.4, 0.5) is 0 Å². The van der Waals surface area contributed by atoms with Crippen molar-refractivity contribution in [3.05, 3.63) is 94.8 Å². The molecule has 0 aliphatic carbocycles. The van der Waals surface area contributed by atoms with Crippen molar-refractivity contribution in [2.24, 2.45) is 0 Å². The first kappa shape index (κ1) is 27.4. The number of para-hydroxylation sites is 2. The molecule has 0 spiro atoms. The van der Waals surface area contributed by atoms with Crippen LogP contribution in [0.3, 0.4) is 0 Å². The maximum Gasteiger partial charge on any atom is 0.257 e. The van der Waals surface area contributed by atoms with Gasteiger partial charge in [0.15, 0.2) is 6.61 Å². The minimum Gasteiger partial charge on any atom is -0.483 e. The molecule has 1 unspecified atom stereocenters. The minimum atomic E-state index is -0.0768. The van der Waals surface area contributed by atoms with E-state index in [0.717, 1.165) is 66.9 Å². The summed E-state index contributed by atoms with van der Waals surface area (Å²) in [5, 5.41) is 2.98. The Morgan fingerprint density at radius 1 is 1.00 bits per heavy atom. The first-order chi connectivity index (χ1) is 18.4. The smallest absolute Gasteiger partial charge is 0.257 e. The molecule has 1 N–H and O–H groups in total. The third-order valence-corrected chi connectivity index (χ3v) is 7.34. The molecular formula is C33H41N3O2. The molecule has 5 nitrogen and oxygen atoms in total. The van der Waals surface area contributed by atoms with Gasteiger partial charge in [0.05, 0.1) is 11.0 Å². The molecule has 4 aromatic rings. The van der Waals surface area contributed by atoms with Gasteiger partial charge in [-0.2, -0.15) is 0 Å². The highest BCUT2D eigenvalue weighted by Gasteiger charge is 2.12. The van der Waals surface area contributed by atoms with E-state index in [4.69, 9.17) is 9.72 Å². The van der Waals surface area contributed by atoms with Crippen LogP contribution in [0.25, 0.3) is 11.0 Å². The Morgan fingerprint density at radius 3 is 2.58 bits per heavy atom. The third kappa shape index (κ3) is 7.25. The lowest BCUT2D eigenvalue weighted by Gasteiger charge is -2.12. The van der Waals surface area contributed by atoms with Crippen molar-refractivity contribution < 1.29 is 9.53 Å². The van der Waals surface area contributed by atoms with Gasteiger partial charge in [-0.1, -0.05) is 68.8 Å². The van der Waals surface area contributed by atoms with Crippen LogP contribution < -0.4 is 10.1 Å². The molecule has 5 heteroatoms. The minimum absolute atomic E-state index is 0.0483. The number of hydrogen-bond donors (Lipinski definition) is 1. The molecular weight excluding hydrogens is 470 g/mol. The van der Waals surface area contributed by atoms with Gasteiger partial charge in [-0.15, -0.1) is 0 Å². The van der Waals surface area contributed by atoms with E-state index in [1.807, 2.05) is 32.0 Å². The summed E-state index contributed by atoms with van der Waals surface area (Å²) in [6.07, 6.45) is 5.08. The number of nitrogens with one attached hydrogen (secondary N) is 1. The van der Waals surface area contributed by atoms with Gasteiger partial charge >= 0.3 is 0 Å². The van der Waals surface area contributed by atoms with E-state index in [9.17, 15) is 4.79 Å². The van der Waals surface area contributed by atoms with Crippen molar-refractivity contribution in [3.8, 4) is 5.75 Å². The van der Waals surface area contributed by atoms with Crippen LogP contribution in [0.2, 0.25) is 0 Å². The van der Waals surface area contributed by atoms with Crippen LogP contribution in [-0.4, -0.2) is 28.6 Å². The first-order valence-electron chi connectivity index (χ1n) is 13.9. The predicted octanol–water partition coefficient (Wildman–Crippen LogP) is 7.12. The Balaban J connectivity index is 1.26. The fraction of sp³-hybridized carbons (Fsp3) is 0.394. The van der Waals surface area contributed by atoms with Crippen molar-refractivity contribution in [1.82, 2.24) is 14.9 Å². The molecule has 1 amide bonds. The van der Waals surface area contributed by atoms with Crippen molar-refractivity contribution in [2.75, 3.05) is 13.2 Å². The van der Waals surface area contributed by atoms with Gasteiger partial charge in [-0.3, -0.25) is 4.79 Å². The van der Waals surface area contributed by atoms with Crippen molar-refractivity contribution in [2.45, 2.75) is 72.3 Å². The molecule has 38 heavy (non-hydrogen) atoms. The molecule has 0 saturated heterocycles. The summed E-state index contributed by atoms with van der Waals surface area (Å²) >= 11 is 0. The Hall–Kier alpha value is -3.60. The quantitative estimate of drug-likeness (QED) is 0.194. The second-order valence-corrected chi connectivity index (χ2v) is 10.4. The zero-order valence-corrected chi connectivity index (χ0v) is 23.3. The van der Waals surface area contributed by atoms with Gasteiger partial charge in [-0.05, 0) is 79.5 Å². The molecule has 0 fully saturated rings. The maximum absolute atomic E-state index is 12.2. The summed E-state index contributed by atoms with van der Waals surface area (Å²) in [4.78, 5) is 17.2. The fourth-order valence-electron chi connectivity index (χ4n) is 4.73. The summed E-state index contributed by atoms with van der Waals surface area (Å²) in [5.41, 5.74) is 7.10. The number of hydrogen-bond acceptors (Lipinski definition) is 3. The van der Waals surface area contributed by atoms with E-state index in [1.54, 1.807) is 0 Å². The number of ether oxygens (including phenoxy) is 1. The van der Waals surface area contributed by atoms with Crippen LogP contribution in [0.15, 0.2) is 66.7 Å². The second-order valence-electron chi connectivity index (χ2n) is 10.4. The number of carbonyl (C=O) groups excluding carboxylic acids is 1. The number of aryl methyl sites for hydroxylation is 3. The Morgan fingerprint density at radius 2 is 1.79 bits per heavy atom. The van der Waals surface area contributed by atoms with E-state index in [0.29, 0.717) is 12.5 Å². The molecule has 3 aromatic carbocycles. The molecule has 1 atom stereocenters. The first-order valence-corrected chi connectivity index (χ1v) is 13.9. The van der Waals surface area contributed by atoms with Crippen molar-refractivity contribution in [1.29, 1.82) is 0 Å². The lowest BCUT2D eigenvalue weighted by atomic mass is 9.97. The number of unbranched alkanes of at least 4 members (excludes halogenated alkanes) is 2. The average Bonchev–Trinajstić information content (AvgIpc) is 3.28. The molecule has 1 aromatic heterocycles. The van der Waals surface area contributed by atoms with E-state index >= 15 is 0 Å². The van der Waals surface area contributed by atoms with E-state index in [2.05, 4.69) is 72.3 Å². The van der Waals surface area contributed by atoms with Gasteiger partial charge in [-0.25, -0.2) is 4.98 Å². The molecule has 4 rings (SSSR count). The third-order valence-electron chi connectivity index (χ3n) is 7.34. The predicted molar refractivity (Wildman–Crippen MR) is 156 cm³/mol. The van der Waals surface area contributed by atoms with Crippen LogP contribution >= 0.6 is 0 Å². The molecule has 0 aliphatic heterocycles. The van der Waals surface area contributed by atoms with Crippen LogP contribution in [-0.2, 0) is 17.8 Å². The van der Waals surface area contributed by atoms with E-state index < -0.39 is 0 Å². The highest BCUT2D eigenvalue weighted by molar-refractivity contribution is 5.77. The van der Waals surface area contributed by atoms with Gasteiger partial charge in [0.25, 0.3) is 5.91 Å². The topological polar surface area (TPSA) is 56.2 Å². The zero-order chi connectivity index (χ0) is 26.9. The van der Waals surface area contributed by atoms with Crippen molar-refractivity contribution >= 4 is 16.9 Å². The number of rotatable bonds is 13. The number of nitrogens with zero attached hydrogens (tertiary/aromatic N) is 2. The SMILES string of the molecule is CCC(C)c1ccc(Cn2c(CCCCCNC(=O)COc3cc(C)ccc3C)nc3ccccc32)cc1.